The van der Waals surface area contributed by atoms with Crippen molar-refractivity contribution in [3.05, 3.63) is 17.2 Å². The maximum Gasteiger partial charge on any atom is 0.112 e. The fraction of sp³-hybridized carbons (Fsp3) is 0.812. The van der Waals surface area contributed by atoms with E-state index in [1.807, 2.05) is 0 Å². The predicted molar refractivity (Wildman–Crippen MR) is 83.5 cm³/mol. The number of piperazine rings is 1. The highest BCUT2D eigenvalue weighted by Crippen LogP contribution is 2.40. The Labute approximate surface area is 127 Å². The van der Waals surface area contributed by atoms with Gasteiger partial charge in [-0.1, -0.05) is 0 Å². The van der Waals surface area contributed by atoms with Crippen LogP contribution in [0.5, 0.6) is 0 Å². The van der Waals surface area contributed by atoms with Crippen LogP contribution in [0.4, 0.5) is 0 Å². The van der Waals surface area contributed by atoms with E-state index in [0.717, 1.165) is 32.0 Å². The first kappa shape index (κ1) is 13.7. The van der Waals surface area contributed by atoms with Crippen molar-refractivity contribution in [2.45, 2.75) is 44.3 Å². The third-order valence-corrected chi connectivity index (χ3v) is 5.33. The Kier molecular flexibility index (Phi) is 3.52. The van der Waals surface area contributed by atoms with Crippen molar-refractivity contribution in [3.8, 4) is 0 Å². The maximum atomic E-state index is 4.99. The molecule has 1 saturated heterocycles. The van der Waals surface area contributed by atoms with E-state index < -0.39 is 0 Å². The van der Waals surface area contributed by atoms with E-state index in [0.29, 0.717) is 6.04 Å². The summed E-state index contributed by atoms with van der Waals surface area (Å²) in [4.78, 5) is 9.99. The first-order valence-corrected chi connectivity index (χ1v) is 8.40. The molecule has 0 amide bonds. The molecule has 5 heteroatoms. The fourth-order valence-electron chi connectivity index (χ4n) is 3.76. The molecule has 0 radical (unpaired) electrons. The van der Waals surface area contributed by atoms with Gasteiger partial charge in [-0.05, 0) is 26.9 Å². The van der Waals surface area contributed by atoms with E-state index >= 15 is 0 Å². The van der Waals surface area contributed by atoms with Gasteiger partial charge in [0.1, 0.15) is 5.82 Å². The number of nitrogens with one attached hydrogen (secondary N) is 1. The van der Waals surface area contributed by atoms with E-state index in [1.165, 1.54) is 49.7 Å². The van der Waals surface area contributed by atoms with E-state index in [4.69, 9.17) is 4.98 Å². The van der Waals surface area contributed by atoms with E-state index in [-0.39, 0.29) is 0 Å². The number of nitrogens with zero attached hydrogens (tertiary/aromatic N) is 4. The van der Waals surface area contributed by atoms with Crippen LogP contribution in [0.25, 0.3) is 0 Å². The number of imidazole rings is 1. The molecule has 2 fully saturated rings. The van der Waals surface area contributed by atoms with Gasteiger partial charge in [-0.3, -0.25) is 4.90 Å². The minimum absolute atomic E-state index is 0.620. The molecule has 21 heavy (non-hydrogen) atoms. The lowest BCUT2D eigenvalue weighted by molar-refractivity contribution is 0.102. The second-order valence-corrected chi connectivity index (χ2v) is 7.07. The minimum atomic E-state index is 0.620. The normalized spacial score (nSPS) is 27.8. The summed E-state index contributed by atoms with van der Waals surface area (Å²) in [6, 6.07) is 0.620. The minimum Gasteiger partial charge on any atom is -0.330 e. The summed E-state index contributed by atoms with van der Waals surface area (Å²) in [6.07, 6.45) is 3.81. The average Bonchev–Trinajstić information content (AvgIpc) is 3.26. The van der Waals surface area contributed by atoms with Gasteiger partial charge in [0.25, 0.3) is 0 Å². The molecule has 4 rings (SSSR count). The van der Waals surface area contributed by atoms with E-state index in [2.05, 4.69) is 33.8 Å². The molecule has 1 N–H and O–H groups in total. The summed E-state index contributed by atoms with van der Waals surface area (Å²) in [5, 5.41) is 3.47. The van der Waals surface area contributed by atoms with Gasteiger partial charge in [0.05, 0.1) is 5.69 Å². The van der Waals surface area contributed by atoms with E-state index in [1.54, 1.807) is 0 Å². The van der Waals surface area contributed by atoms with Crippen LogP contribution >= 0.6 is 0 Å². The number of fused-ring (bicyclic) bond motifs is 1. The molecule has 116 valence electrons. The van der Waals surface area contributed by atoms with Gasteiger partial charge in [-0.25, -0.2) is 4.98 Å². The molecule has 0 bridgehead atoms. The fourth-order valence-corrected chi connectivity index (χ4v) is 3.76. The van der Waals surface area contributed by atoms with Crippen LogP contribution < -0.4 is 5.32 Å². The quantitative estimate of drug-likeness (QED) is 0.886. The lowest BCUT2D eigenvalue weighted by Gasteiger charge is -2.38. The van der Waals surface area contributed by atoms with Gasteiger partial charge < -0.3 is 14.8 Å². The third-order valence-electron chi connectivity index (χ3n) is 5.33. The molecule has 1 saturated carbocycles. The Morgan fingerprint density at radius 3 is 2.90 bits per heavy atom. The second-order valence-electron chi connectivity index (χ2n) is 7.07. The van der Waals surface area contributed by atoms with Crippen LogP contribution in [-0.4, -0.2) is 65.7 Å². The predicted octanol–water partition coefficient (Wildman–Crippen LogP) is 0.652. The Bertz CT molecular complexity index is 519. The molecule has 0 aromatic carbocycles. The SMILES string of the molecule is CN1CCN(C)C(Cn2c(C3CC3)nc3c2CCNC3)C1. The van der Waals surface area contributed by atoms with Gasteiger partial charge in [-0.15, -0.1) is 0 Å². The number of likely N-dealkylation sites (N-methyl/N-ethyl adjacent to an activating group) is 2. The molecular formula is C16H27N5. The van der Waals surface area contributed by atoms with Crippen molar-refractivity contribution in [3.63, 3.8) is 0 Å². The molecule has 1 aromatic heterocycles. The van der Waals surface area contributed by atoms with Gasteiger partial charge in [0.15, 0.2) is 0 Å². The summed E-state index contributed by atoms with van der Waals surface area (Å²) in [5.74, 6) is 2.12. The Hall–Kier alpha value is -0.910. The zero-order chi connectivity index (χ0) is 14.4. The molecule has 3 heterocycles. The third kappa shape index (κ3) is 2.62. The van der Waals surface area contributed by atoms with Crippen molar-refractivity contribution in [2.24, 2.45) is 0 Å². The summed E-state index contributed by atoms with van der Waals surface area (Å²) in [6.45, 7) is 6.72. The van der Waals surface area contributed by atoms with Gasteiger partial charge in [-0.2, -0.15) is 0 Å². The topological polar surface area (TPSA) is 36.3 Å². The van der Waals surface area contributed by atoms with Crippen molar-refractivity contribution in [1.29, 1.82) is 0 Å². The molecule has 2 aliphatic heterocycles. The Morgan fingerprint density at radius 2 is 2.10 bits per heavy atom. The summed E-state index contributed by atoms with van der Waals surface area (Å²) < 4.78 is 2.59. The van der Waals surface area contributed by atoms with Crippen molar-refractivity contribution < 1.29 is 0 Å². The molecule has 3 aliphatic rings. The highest BCUT2D eigenvalue weighted by atomic mass is 15.3. The molecule has 5 nitrogen and oxygen atoms in total. The Morgan fingerprint density at radius 1 is 1.24 bits per heavy atom. The number of aromatic nitrogens is 2. The first-order valence-electron chi connectivity index (χ1n) is 8.40. The maximum absolute atomic E-state index is 4.99. The van der Waals surface area contributed by atoms with E-state index in [9.17, 15) is 0 Å². The summed E-state index contributed by atoms with van der Waals surface area (Å²) in [5.41, 5.74) is 2.83. The average molecular weight is 289 g/mol. The Balaban J connectivity index is 1.62. The standard InChI is InChI=1S/C16H27N5/c1-19-7-8-20(2)13(10-19)11-21-15-5-6-17-9-14(15)18-16(21)12-3-4-12/h12-13,17H,3-11H2,1-2H3. The number of rotatable bonds is 3. The van der Waals surface area contributed by atoms with Crippen LogP contribution in [0.1, 0.15) is 36.0 Å². The molecule has 0 spiro atoms. The first-order chi connectivity index (χ1) is 10.2. The van der Waals surface area contributed by atoms with Crippen molar-refractivity contribution in [2.75, 3.05) is 40.3 Å². The van der Waals surface area contributed by atoms with Crippen LogP contribution in [0.3, 0.4) is 0 Å². The summed E-state index contributed by atoms with van der Waals surface area (Å²) >= 11 is 0. The second kappa shape index (κ2) is 5.38. The molecular weight excluding hydrogens is 262 g/mol. The number of hydrogen-bond donors (Lipinski definition) is 1. The molecule has 1 atom stereocenters. The lowest BCUT2D eigenvalue weighted by atomic mass is 10.1. The zero-order valence-corrected chi connectivity index (χ0v) is 13.3. The van der Waals surface area contributed by atoms with Crippen LogP contribution in [0.15, 0.2) is 0 Å². The largest absolute Gasteiger partial charge is 0.330 e. The molecule has 1 aromatic rings. The zero-order valence-electron chi connectivity index (χ0n) is 13.3. The molecule has 1 unspecified atom stereocenters. The van der Waals surface area contributed by atoms with Crippen LogP contribution in [0.2, 0.25) is 0 Å². The highest BCUT2D eigenvalue weighted by Gasteiger charge is 2.33. The van der Waals surface area contributed by atoms with Crippen molar-refractivity contribution in [1.82, 2.24) is 24.7 Å². The lowest BCUT2D eigenvalue weighted by Crippen LogP contribution is -2.51. The monoisotopic (exact) mass is 289 g/mol. The number of hydrogen-bond acceptors (Lipinski definition) is 4. The smallest absolute Gasteiger partial charge is 0.112 e. The van der Waals surface area contributed by atoms with Crippen LogP contribution in [0, 0.1) is 0 Å². The van der Waals surface area contributed by atoms with Crippen molar-refractivity contribution >= 4 is 0 Å². The van der Waals surface area contributed by atoms with Crippen LogP contribution in [-0.2, 0) is 19.5 Å². The van der Waals surface area contributed by atoms with Gasteiger partial charge in [0, 0.05) is 63.3 Å². The highest BCUT2D eigenvalue weighted by molar-refractivity contribution is 5.24. The summed E-state index contributed by atoms with van der Waals surface area (Å²) in [7, 11) is 4.52. The molecule has 1 aliphatic carbocycles. The van der Waals surface area contributed by atoms with Gasteiger partial charge >= 0.3 is 0 Å². The van der Waals surface area contributed by atoms with Gasteiger partial charge in [0.2, 0.25) is 0 Å².